The van der Waals surface area contributed by atoms with Gasteiger partial charge in [-0.1, -0.05) is 0 Å². The average molecular weight is 342 g/mol. The molecule has 0 saturated carbocycles. The Balaban J connectivity index is 1.73. The Labute approximate surface area is 132 Å². The van der Waals surface area contributed by atoms with Crippen molar-refractivity contribution >= 4 is 27.8 Å². The standard InChI is InChI=1S/C13H14N2O7S/c1-23(18,19)21-7-9-5-15(13(17)22-9)12-3-2-11-10(14-12)4-8(16)6-20-11/h2-3,9H,4-7H2,1H3. The van der Waals surface area contributed by atoms with E-state index >= 15 is 0 Å². The number of fused-ring (bicyclic) bond motifs is 1. The molecule has 0 N–H and O–H groups in total. The van der Waals surface area contributed by atoms with Crippen LogP contribution in [0.1, 0.15) is 5.69 Å². The molecule has 9 nitrogen and oxygen atoms in total. The Morgan fingerprint density at radius 3 is 2.91 bits per heavy atom. The number of carbonyl (C=O) groups excluding carboxylic acids is 2. The predicted octanol–water partition coefficient (Wildman–Crippen LogP) is -0.113. The summed E-state index contributed by atoms with van der Waals surface area (Å²) >= 11 is 0. The molecule has 3 heterocycles. The lowest BCUT2D eigenvalue weighted by Gasteiger charge is -2.18. The van der Waals surface area contributed by atoms with Crippen LogP contribution >= 0.6 is 0 Å². The second-order valence-corrected chi connectivity index (χ2v) is 6.87. The Kier molecular flexibility index (Phi) is 3.94. The molecule has 1 fully saturated rings. The Bertz CT molecular complexity index is 762. The summed E-state index contributed by atoms with van der Waals surface area (Å²) in [5, 5.41) is 0. The molecule has 2 aliphatic rings. The third kappa shape index (κ3) is 3.59. The third-order valence-corrected chi connectivity index (χ3v) is 3.85. The summed E-state index contributed by atoms with van der Waals surface area (Å²) < 4.78 is 36.9. The van der Waals surface area contributed by atoms with Gasteiger partial charge in [0.1, 0.15) is 30.9 Å². The van der Waals surface area contributed by atoms with Gasteiger partial charge >= 0.3 is 6.09 Å². The van der Waals surface area contributed by atoms with Crippen molar-refractivity contribution in [3.63, 3.8) is 0 Å². The van der Waals surface area contributed by atoms with Crippen molar-refractivity contribution in [3.05, 3.63) is 17.8 Å². The van der Waals surface area contributed by atoms with E-state index < -0.39 is 22.3 Å². The molecule has 0 radical (unpaired) electrons. The summed E-state index contributed by atoms with van der Waals surface area (Å²) in [5.74, 6) is 0.734. The molecule has 0 aromatic carbocycles. The number of cyclic esters (lactones) is 1. The van der Waals surface area contributed by atoms with Gasteiger partial charge in [-0.05, 0) is 12.1 Å². The molecule has 0 spiro atoms. The highest BCUT2D eigenvalue weighted by Gasteiger charge is 2.34. The van der Waals surface area contributed by atoms with Gasteiger partial charge in [0.15, 0.2) is 5.78 Å². The molecule has 1 unspecified atom stereocenters. The summed E-state index contributed by atoms with van der Waals surface area (Å²) in [7, 11) is -3.61. The van der Waals surface area contributed by atoms with Crippen molar-refractivity contribution in [2.75, 3.05) is 30.9 Å². The first-order chi connectivity index (χ1) is 10.8. The minimum absolute atomic E-state index is 0.0185. The number of pyridine rings is 1. The second kappa shape index (κ2) is 5.78. The van der Waals surface area contributed by atoms with Gasteiger partial charge in [0, 0.05) is 0 Å². The molecule has 1 aromatic rings. The van der Waals surface area contributed by atoms with Crippen molar-refractivity contribution in [1.29, 1.82) is 0 Å². The van der Waals surface area contributed by atoms with E-state index in [9.17, 15) is 18.0 Å². The minimum atomic E-state index is -3.61. The van der Waals surface area contributed by atoms with Crippen LogP contribution < -0.4 is 9.64 Å². The third-order valence-electron chi connectivity index (χ3n) is 3.29. The van der Waals surface area contributed by atoms with Crippen LogP contribution in [-0.2, 0) is 30.3 Å². The molecule has 0 bridgehead atoms. The number of rotatable bonds is 4. The van der Waals surface area contributed by atoms with Crippen LogP contribution in [-0.4, -0.2) is 57.4 Å². The van der Waals surface area contributed by atoms with Gasteiger partial charge in [0.25, 0.3) is 10.1 Å². The second-order valence-electron chi connectivity index (χ2n) is 5.22. The van der Waals surface area contributed by atoms with Gasteiger partial charge in [0.05, 0.1) is 24.9 Å². The van der Waals surface area contributed by atoms with Crippen LogP contribution in [0.15, 0.2) is 12.1 Å². The van der Waals surface area contributed by atoms with Gasteiger partial charge in [0.2, 0.25) is 0 Å². The predicted molar refractivity (Wildman–Crippen MR) is 76.9 cm³/mol. The normalized spacial score (nSPS) is 20.9. The van der Waals surface area contributed by atoms with E-state index in [0.29, 0.717) is 17.3 Å². The summed E-state index contributed by atoms with van der Waals surface area (Å²) in [5.41, 5.74) is 0.461. The largest absolute Gasteiger partial charge is 0.484 e. The number of nitrogens with zero attached hydrogens (tertiary/aromatic N) is 2. The minimum Gasteiger partial charge on any atom is -0.484 e. The first-order valence-electron chi connectivity index (χ1n) is 6.79. The molecular formula is C13H14N2O7S. The summed E-state index contributed by atoms with van der Waals surface area (Å²) in [6.07, 6.45) is -0.299. The number of Topliss-reactive ketones (excluding diaryl/α,β-unsaturated/α-hetero) is 1. The van der Waals surface area contributed by atoms with Crippen LogP contribution in [0.25, 0.3) is 0 Å². The van der Waals surface area contributed by atoms with Crippen molar-refractivity contribution < 1.29 is 31.7 Å². The molecule has 3 rings (SSSR count). The lowest BCUT2D eigenvalue weighted by molar-refractivity contribution is -0.121. The number of aromatic nitrogens is 1. The first-order valence-corrected chi connectivity index (χ1v) is 8.60. The summed E-state index contributed by atoms with van der Waals surface area (Å²) in [6, 6.07) is 3.22. The van der Waals surface area contributed by atoms with Crippen molar-refractivity contribution in [3.8, 4) is 5.75 Å². The van der Waals surface area contributed by atoms with Crippen LogP contribution in [0.3, 0.4) is 0 Å². The monoisotopic (exact) mass is 342 g/mol. The fourth-order valence-electron chi connectivity index (χ4n) is 2.28. The molecule has 1 aromatic heterocycles. The molecule has 2 aliphatic heterocycles. The maximum atomic E-state index is 11.9. The Morgan fingerprint density at radius 1 is 1.39 bits per heavy atom. The van der Waals surface area contributed by atoms with E-state index in [1.165, 1.54) is 4.90 Å². The molecule has 1 atom stereocenters. The number of hydrogen-bond acceptors (Lipinski definition) is 8. The van der Waals surface area contributed by atoms with E-state index in [1.807, 2.05) is 0 Å². The molecule has 1 saturated heterocycles. The van der Waals surface area contributed by atoms with E-state index in [4.69, 9.17) is 9.47 Å². The van der Waals surface area contributed by atoms with Gasteiger partial charge < -0.3 is 9.47 Å². The number of anilines is 1. The lowest BCUT2D eigenvalue weighted by Crippen LogP contribution is -2.28. The molecule has 1 amide bonds. The van der Waals surface area contributed by atoms with E-state index in [2.05, 4.69) is 9.17 Å². The maximum absolute atomic E-state index is 11.9. The number of amides is 1. The van der Waals surface area contributed by atoms with Gasteiger partial charge in [-0.15, -0.1) is 0 Å². The molecule has 23 heavy (non-hydrogen) atoms. The van der Waals surface area contributed by atoms with Gasteiger partial charge in [-0.3, -0.25) is 13.9 Å². The molecule has 124 valence electrons. The SMILES string of the molecule is CS(=O)(=O)OCC1CN(c2ccc3c(n2)CC(=O)CO3)C(=O)O1. The number of ether oxygens (including phenoxy) is 2. The topological polar surface area (TPSA) is 112 Å². The van der Waals surface area contributed by atoms with Crippen LogP contribution in [0.5, 0.6) is 5.75 Å². The smallest absolute Gasteiger partial charge is 0.416 e. The van der Waals surface area contributed by atoms with E-state index in [-0.39, 0.29) is 32.0 Å². The number of carbonyl (C=O) groups is 2. The number of hydrogen-bond donors (Lipinski definition) is 0. The highest BCUT2D eigenvalue weighted by atomic mass is 32.2. The van der Waals surface area contributed by atoms with Crippen LogP contribution in [0, 0.1) is 0 Å². The highest BCUT2D eigenvalue weighted by molar-refractivity contribution is 7.85. The maximum Gasteiger partial charge on any atom is 0.416 e. The zero-order chi connectivity index (χ0) is 16.6. The first kappa shape index (κ1) is 15.7. The average Bonchev–Trinajstić information content (AvgIpc) is 2.85. The van der Waals surface area contributed by atoms with Crippen molar-refractivity contribution in [2.45, 2.75) is 12.5 Å². The molecule has 10 heteroatoms. The zero-order valence-electron chi connectivity index (χ0n) is 12.2. The fraction of sp³-hybridized carbons (Fsp3) is 0.462. The molecular weight excluding hydrogens is 328 g/mol. The van der Waals surface area contributed by atoms with Crippen molar-refractivity contribution in [1.82, 2.24) is 4.98 Å². The Morgan fingerprint density at radius 2 is 2.17 bits per heavy atom. The highest BCUT2D eigenvalue weighted by Crippen LogP contribution is 2.27. The zero-order valence-corrected chi connectivity index (χ0v) is 13.0. The Hall–Kier alpha value is -2.20. The molecule has 0 aliphatic carbocycles. The van der Waals surface area contributed by atoms with Crippen LogP contribution in [0.4, 0.5) is 10.6 Å². The van der Waals surface area contributed by atoms with Crippen LogP contribution in [0.2, 0.25) is 0 Å². The van der Waals surface area contributed by atoms with Crippen molar-refractivity contribution in [2.24, 2.45) is 0 Å². The van der Waals surface area contributed by atoms with E-state index in [1.54, 1.807) is 12.1 Å². The van der Waals surface area contributed by atoms with E-state index in [0.717, 1.165) is 6.26 Å². The lowest BCUT2D eigenvalue weighted by atomic mass is 10.1. The number of ketones is 1. The van der Waals surface area contributed by atoms with Gasteiger partial charge in [-0.25, -0.2) is 9.78 Å². The quantitative estimate of drug-likeness (QED) is 0.697. The summed E-state index contributed by atoms with van der Waals surface area (Å²) in [6.45, 7) is -0.132. The summed E-state index contributed by atoms with van der Waals surface area (Å²) in [4.78, 5) is 28.8. The van der Waals surface area contributed by atoms with Gasteiger partial charge in [-0.2, -0.15) is 8.42 Å². The fourth-order valence-corrected chi connectivity index (χ4v) is 2.68.